The van der Waals surface area contributed by atoms with Crippen LogP contribution in [-0.4, -0.2) is 16.4 Å². The van der Waals surface area contributed by atoms with Gasteiger partial charge in [-0.05, 0) is 11.0 Å². The summed E-state index contributed by atoms with van der Waals surface area (Å²) < 4.78 is 16.2. The van der Waals surface area contributed by atoms with Crippen molar-refractivity contribution >= 4 is 8.03 Å². The van der Waals surface area contributed by atoms with Gasteiger partial charge in [-0.15, -0.1) is 0 Å². The van der Waals surface area contributed by atoms with E-state index in [9.17, 15) is 4.57 Å². The third kappa shape index (κ3) is 3.23. The van der Waals surface area contributed by atoms with Gasteiger partial charge < -0.3 is 10.2 Å². The quantitative estimate of drug-likeness (QED) is 0.757. The molecule has 0 aliphatic carbocycles. The maximum Gasteiger partial charge on any atom is 0.556 e. The van der Waals surface area contributed by atoms with Gasteiger partial charge in [0.15, 0.2) is 11.9 Å². The molecule has 0 aliphatic heterocycles. The average molecular weight is 215 g/mol. The summed E-state index contributed by atoms with van der Waals surface area (Å²) in [6, 6.07) is 3.80. The molecule has 0 spiro atoms. The number of rotatable bonds is 4. The largest absolute Gasteiger partial charge is 0.556 e. The maximum absolute atomic E-state index is 11.2. The fraction of sp³-hybridized carbons (Fsp3) is 0.333. The topological polar surface area (TPSA) is 66.8 Å². The van der Waals surface area contributed by atoms with Gasteiger partial charge in [0.2, 0.25) is 0 Å². The van der Waals surface area contributed by atoms with E-state index in [1.807, 2.05) is 6.92 Å². The van der Waals surface area contributed by atoms with Gasteiger partial charge >= 0.3 is 8.03 Å². The molecule has 76 valence electrons. The van der Waals surface area contributed by atoms with Crippen LogP contribution in [0.15, 0.2) is 18.2 Å². The van der Waals surface area contributed by atoms with E-state index >= 15 is 0 Å². The number of benzene rings is 1. The van der Waals surface area contributed by atoms with E-state index in [-0.39, 0.29) is 17.2 Å². The Labute approximate surface area is 83.0 Å². The third-order valence-electron chi connectivity index (χ3n) is 1.49. The van der Waals surface area contributed by atoms with Gasteiger partial charge in [-0.25, -0.2) is 0 Å². The molecule has 14 heavy (non-hydrogen) atoms. The average Bonchev–Trinajstić information content (AvgIpc) is 2.01. The molecule has 1 rings (SSSR count). The van der Waals surface area contributed by atoms with E-state index in [2.05, 4.69) is 0 Å². The van der Waals surface area contributed by atoms with Crippen molar-refractivity contribution in [3.05, 3.63) is 18.2 Å². The Hall–Kier alpha value is -1.28. The van der Waals surface area contributed by atoms with Crippen LogP contribution < -0.4 is 4.52 Å². The second-order valence-electron chi connectivity index (χ2n) is 2.83. The van der Waals surface area contributed by atoms with Crippen LogP contribution in [0.2, 0.25) is 0 Å². The summed E-state index contributed by atoms with van der Waals surface area (Å²) in [6.45, 7) is 1.90. The van der Waals surface area contributed by atoms with Crippen molar-refractivity contribution in [3.63, 3.8) is 0 Å². The highest BCUT2D eigenvalue weighted by molar-refractivity contribution is 7.39. The van der Waals surface area contributed by atoms with E-state index < -0.39 is 8.03 Å². The van der Waals surface area contributed by atoms with E-state index in [0.717, 1.165) is 6.42 Å². The first-order valence-corrected chi connectivity index (χ1v) is 5.63. The summed E-state index contributed by atoms with van der Waals surface area (Å²) in [7, 11) is -1.75. The molecule has 1 aromatic carbocycles. The lowest BCUT2D eigenvalue weighted by molar-refractivity contribution is 0.442. The minimum absolute atomic E-state index is 0.111. The van der Waals surface area contributed by atoms with Crippen LogP contribution in [0.4, 0.5) is 0 Å². The van der Waals surface area contributed by atoms with E-state index in [1.165, 1.54) is 18.2 Å². The monoisotopic (exact) mass is 215 g/mol. The highest BCUT2D eigenvalue weighted by Crippen LogP contribution is 2.32. The Bertz CT molecular complexity index is 317. The molecule has 0 saturated carbocycles. The zero-order valence-electron chi connectivity index (χ0n) is 7.80. The summed E-state index contributed by atoms with van der Waals surface area (Å²) in [6.07, 6.45) is 1.23. The van der Waals surface area contributed by atoms with Crippen molar-refractivity contribution in [2.24, 2.45) is 0 Å². The van der Waals surface area contributed by atoms with Crippen LogP contribution in [-0.2, 0) is 4.57 Å². The summed E-state index contributed by atoms with van der Waals surface area (Å²) in [5.74, 6) is -0.00291. The highest BCUT2D eigenvalue weighted by atomic mass is 31.1. The predicted molar refractivity (Wildman–Crippen MR) is 53.2 cm³/mol. The molecule has 0 saturated heterocycles. The van der Waals surface area contributed by atoms with Crippen LogP contribution in [0.1, 0.15) is 13.3 Å². The van der Waals surface area contributed by atoms with Gasteiger partial charge in [0.25, 0.3) is 0 Å². The number of hydrogen-bond acceptors (Lipinski definition) is 4. The van der Waals surface area contributed by atoms with Crippen LogP contribution in [0, 0.1) is 0 Å². The Morgan fingerprint density at radius 1 is 1.29 bits per heavy atom. The fourth-order valence-electron chi connectivity index (χ4n) is 0.967. The first kappa shape index (κ1) is 10.8. The zero-order valence-corrected chi connectivity index (χ0v) is 8.70. The van der Waals surface area contributed by atoms with Gasteiger partial charge in [-0.1, -0.05) is 6.92 Å². The molecule has 0 fully saturated rings. The summed E-state index contributed by atoms with van der Waals surface area (Å²) in [5.41, 5.74) is 0. The number of phenolic OH excluding ortho intramolecular Hbond substituents is 2. The number of phenols is 2. The van der Waals surface area contributed by atoms with Crippen molar-refractivity contribution in [1.29, 1.82) is 0 Å². The maximum atomic E-state index is 11.2. The molecule has 1 unspecified atom stereocenters. The molecule has 0 radical (unpaired) electrons. The van der Waals surface area contributed by atoms with Crippen molar-refractivity contribution in [1.82, 2.24) is 0 Å². The van der Waals surface area contributed by atoms with Crippen molar-refractivity contribution in [2.75, 3.05) is 6.16 Å². The molecule has 0 aromatic heterocycles. The van der Waals surface area contributed by atoms with Gasteiger partial charge in [0.1, 0.15) is 11.5 Å². The molecule has 0 heterocycles. The lowest BCUT2D eigenvalue weighted by atomic mass is 10.3. The molecule has 0 bridgehead atoms. The Morgan fingerprint density at radius 2 is 1.86 bits per heavy atom. The standard InChI is InChI=1S/C9H11O4P/c1-2-3-14(12)13-9-5-7(10)4-8(11)6-9/h4-6H,2-3H2,1H3,(H-,10,11)/p+1. The highest BCUT2D eigenvalue weighted by Gasteiger charge is 2.17. The molecule has 1 aromatic rings. The second-order valence-corrected chi connectivity index (χ2v) is 4.13. The smallest absolute Gasteiger partial charge is 0.508 e. The first-order chi connectivity index (χ1) is 6.61. The normalized spacial score (nSPS) is 11.1. The third-order valence-corrected chi connectivity index (χ3v) is 2.72. The van der Waals surface area contributed by atoms with Crippen LogP contribution in [0.25, 0.3) is 0 Å². The zero-order chi connectivity index (χ0) is 10.6. The Kier molecular flexibility index (Phi) is 3.72. The second kappa shape index (κ2) is 4.82. The minimum atomic E-state index is -1.75. The van der Waals surface area contributed by atoms with Crippen LogP contribution in [0.5, 0.6) is 17.2 Å². The predicted octanol–water partition coefficient (Wildman–Crippen LogP) is 2.63. The molecule has 0 aliphatic rings. The summed E-state index contributed by atoms with van der Waals surface area (Å²) >= 11 is 0. The minimum Gasteiger partial charge on any atom is -0.508 e. The van der Waals surface area contributed by atoms with Crippen LogP contribution in [0.3, 0.4) is 0 Å². The molecule has 5 heteroatoms. The fourth-order valence-corrected chi connectivity index (χ4v) is 1.76. The van der Waals surface area contributed by atoms with E-state index in [1.54, 1.807) is 0 Å². The van der Waals surface area contributed by atoms with Crippen molar-refractivity contribution < 1.29 is 19.3 Å². The SMILES string of the molecule is CCC[P+](=O)Oc1cc(O)cc(O)c1. The molecule has 0 amide bonds. The first-order valence-electron chi connectivity index (χ1n) is 4.27. The summed E-state index contributed by atoms with van der Waals surface area (Å²) in [5, 5.41) is 18.2. The van der Waals surface area contributed by atoms with E-state index in [0.29, 0.717) is 6.16 Å². The van der Waals surface area contributed by atoms with Gasteiger partial charge in [0.05, 0.1) is 0 Å². The molecule has 2 N–H and O–H groups in total. The molecular weight excluding hydrogens is 203 g/mol. The van der Waals surface area contributed by atoms with E-state index in [4.69, 9.17) is 14.7 Å². The molecule has 1 atom stereocenters. The lowest BCUT2D eigenvalue weighted by Crippen LogP contribution is -1.84. The van der Waals surface area contributed by atoms with Gasteiger partial charge in [-0.3, -0.25) is 4.52 Å². The van der Waals surface area contributed by atoms with Gasteiger partial charge in [0, 0.05) is 18.2 Å². The summed E-state index contributed by atoms with van der Waals surface area (Å²) in [4.78, 5) is 0. The number of hydrogen-bond donors (Lipinski definition) is 2. The molecular formula is C9H12O4P+. The Balaban J connectivity index is 2.71. The van der Waals surface area contributed by atoms with Crippen molar-refractivity contribution in [2.45, 2.75) is 13.3 Å². The Morgan fingerprint density at radius 3 is 2.36 bits per heavy atom. The van der Waals surface area contributed by atoms with Crippen molar-refractivity contribution in [3.8, 4) is 17.2 Å². The lowest BCUT2D eigenvalue weighted by Gasteiger charge is -1.96. The van der Waals surface area contributed by atoms with Crippen LogP contribution >= 0.6 is 8.03 Å². The van der Waals surface area contributed by atoms with Gasteiger partial charge in [-0.2, -0.15) is 0 Å². The number of aromatic hydroxyl groups is 2. The molecule has 4 nitrogen and oxygen atoms in total.